The molecule has 0 fully saturated rings. The molecule has 0 aliphatic rings. The minimum absolute atomic E-state index is 0.0584. The minimum atomic E-state index is -0.944. The fourth-order valence-electron chi connectivity index (χ4n) is 2.45. The third-order valence-electron chi connectivity index (χ3n) is 3.93. The molecule has 2 rings (SSSR count). The first kappa shape index (κ1) is 18.5. The number of anilines is 1. The van der Waals surface area contributed by atoms with Gasteiger partial charge in [-0.05, 0) is 55.2 Å². The Morgan fingerprint density at radius 2 is 1.68 bits per heavy atom. The van der Waals surface area contributed by atoms with Crippen LogP contribution < -0.4 is 5.32 Å². The number of carbonyl (C=O) groups excluding carboxylic acids is 2. The summed E-state index contributed by atoms with van der Waals surface area (Å²) in [5.74, 6) is -0.687. The Bertz CT molecular complexity index is 766. The average Bonchev–Trinajstić information content (AvgIpc) is 2.56. The smallest absolute Gasteiger partial charge is 0.338 e. The molecular weight excluding hydrogens is 318 g/mol. The summed E-state index contributed by atoms with van der Waals surface area (Å²) in [6, 6.07) is 11.5. The van der Waals surface area contributed by atoms with Crippen LogP contribution >= 0.6 is 0 Å². The Labute approximate surface area is 147 Å². The average molecular weight is 341 g/mol. The van der Waals surface area contributed by atoms with E-state index < -0.39 is 12.1 Å². The SMILES string of the molecule is Cc1cccc(C(C)C)c1NC(=O)[C@H](C)OC(=O)c1ccc(O)cc1. The summed E-state index contributed by atoms with van der Waals surface area (Å²) in [5.41, 5.74) is 3.02. The van der Waals surface area contributed by atoms with E-state index in [4.69, 9.17) is 4.74 Å². The van der Waals surface area contributed by atoms with Gasteiger partial charge in [-0.15, -0.1) is 0 Å². The van der Waals surface area contributed by atoms with Gasteiger partial charge in [0, 0.05) is 5.69 Å². The van der Waals surface area contributed by atoms with Crippen LogP contribution in [0.2, 0.25) is 0 Å². The molecule has 1 atom stereocenters. The van der Waals surface area contributed by atoms with E-state index in [1.165, 1.54) is 31.2 Å². The van der Waals surface area contributed by atoms with Crippen LogP contribution in [0.3, 0.4) is 0 Å². The van der Waals surface area contributed by atoms with Crippen molar-refractivity contribution in [1.29, 1.82) is 0 Å². The van der Waals surface area contributed by atoms with E-state index in [2.05, 4.69) is 19.2 Å². The van der Waals surface area contributed by atoms with E-state index in [0.29, 0.717) is 0 Å². The molecule has 25 heavy (non-hydrogen) atoms. The largest absolute Gasteiger partial charge is 0.508 e. The summed E-state index contributed by atoms with van der Waals surface area (Å²) in [4.78, 5) is 24.5. The number of esters is 1. The Kier molecular flexibility index (Phi) is 5.80. The molecule has 0 aliphatic carbocycles. The van der Waals surface area contributed by atoms with E-state index in [9.17, 15) is 14.7 Å². The Balaban J connectivity index is 2.08. The van der Waals surface area contributed by atoms with Gasteiger partial charge in [0.05, 0.1) is 5.56 Å². The van der Waals surface area contributed by atoms with Crippen LogP contribution in [0, 0.1) is 6.92 Å². The number of para-hydroxylation sites is 1. The molecule has 1 amide bonds. The lowest BCUT2D eigenvalue weighted by atomic mass is 9.98. The zero-order valence-electron chi connectivity index (χ0n) is 14.9. The number of aryl methyl sites for hydroxylation is 1. The van der Waals surface area contributed by atoms with Gasteiger partial charge in [-0.3, -0.25) is 4.79 Å². The Morgan fingerprint density at radius 1 is 1.04 bits per heavy atom. The van der Waals surface area contributed by atoms with Crippen LogP contribution in [0.15, 0.2) is 42.5 Å². The lowest BCUT2D eigenvalue weighted by Crippen LogP contribution is -2.30. The summed E-state index contributed by atoms with van der Waals surface area (Å²) in [7, 11) is 0. The van der Waals surface area contributed by atoms with Gasteiger partial charge in [0.25, 0.3) is 5.91 Å². The molecular formula is C20H23NO4. The van der Waals surface area contributed by atoms with Crippen molar-refractivity contribution in [3.8, 4) is 5.75 Å². The minimum Gasteiger partial charge on any atom is -0.508 e. The maximum Gasteiger partial charge on any atom is 0.338 e. The van der Waals surface area contributed by atoms with Crippen molar-refractivity contribution < 1.29 is 19.4 Å². The molecule has 2 aromatic carbocycles. The van der Waals surface area contributed by atoms with Gasteiger partial charge in [-0.2, -0.15) is 0 Å². The summed E-state index contributed by atoms with van der Waals surface area (Å²) >= 11 is 0. The van der Waals surface area contributed by atoms with E-state index >= 15 is 0 Å². The Hall–Kier alpha value is -2.82. The molecule has 0 bridgehead atoms. The first-order chi connectivity index (χ1) is 11.8. The number of carbonyl (C=O) groups is 2. The highest BCUT2D eigenvalue weighted by Gasteiger charge is 2.21. The van der Waals surface area contributed by atoms with Crippen LogP contribution in [-0.2, 0) is 9.53 Å². The highest BCUT2D eigenvalue weighted by atomic mass is 16.5. The maximum absolute atomic E-state index is 12.4. The number of nitrogens with one attached hydrogen (secondary N) is 1. The first-order valence-corrected chi connectivity index (χ1v) is 8.20. The molecule has 0 unspecified atom stereocenters. The summed E-state index contributed by atoms with van der Waals surface area (Å²) in [5, 5.41) is 12.1. The van der Waals surface area contributed by atoms with Gasteiger partial charge in [0.2, 0.25) is 0 Å². The molecule has 132 valence electrons. The fraction of sp³-hybridized carbons (Fsp3) is 0.300. The number of aromatic hydroxyl groups is 1. The fourth-order valence-corrected chi connectivity index (χ4v) is 2.45. The van der Waals surface area contributed by atoms with E-state index in [1.807, 2.05) is 25.1 Å². The standard InChI is InChI=1S/C20H23NO4/c1-12(2)17-7-5-6-13(3)18(17)21-19(23)14(4)25-20(24)15-8-10-16(22)11-9-15/h5-12,14,22H,1-4H3,(H,21,23)/t14-/m0/s1. The quantitative estimate of drug-likeness (QED) is 0.806. The maximum atomic E-state index is 12.4. The van der Waals surface area contributed by atoms with Crippen molar-refractivity contribution in [3.63, 3.8) is 0 Å². The normalized spacial score (nSPS) is 11.9. The predicted molar refractivity (Wildman–Crippen MR) is 96.9 cm³/mol. The van der Waals surface area contributed by atoms with Gasteiger partial charge < -0.3 is 15.2 Å². The molecule has 2 N–H and O–H groups in total. The van der Waals surface area contributed by atoms with Crippen molar-refractivity contribution in [2.45, 2.75) is 39.7 Å². The van der Waals surface area contributed by atoms with Gasteiger partial charge in [-0.25, -0.2) is 4.79 Å². The monoisotopic (exact) mass is 341 g/mol. The van der Waals surface area contributed by atoms with Crippen LogP contribution in [-0.4, -0.2) is 23.1 Å². The van der Waals surface area contributed by atoms with Crippen LogP contribution in [0.5, 0.6) is 5.75 Å². The molecule has 0 aliphatic heterocycles. The molecule has 2 aromatic rings. The van der Waals surface area contributed by atoms with Gasteiger partial charge in [-0.1, -0.05) is 32.0 Å². The number of amides is 1. The lowest BCUT2D eigenvalue weighted by molar-refractivity contribution is -0.123. The zero-order chi connectivity index (χ0) is 18.6. The third kappa shape index (κ3) is 4.59. The van der Waals surface area contributed by atoms with E-state index in [1.54, 1.807) is 0 Å². The zero-order valence-corrected chi connectivity index (χ0v) is 14.9. The number of phenolic OH excluding ortho intramolecular Hbond substituents is 1. The van der Waals surface area contributed by atoms with Gasteiger partial charge in [0.1, 0.15) is 5.75 Å². The van der Waals surface area contributed by atoms with E-state index in [-0.39, 0.29) is 23.1 Å². The summed E-state index contributed by atoms with van der Waals surface area (Å²) in [6.07, 6.45) is -0.944. The highest BCUT2D eigenvalue weighted by molar-refractivity contribution is 5.98. The number of benzene rings is 2. The first-order valence-electron chi connectivity index (χ1n) is 8.20. The molecule has 0 saturated carbocycles. The number of ether oxygens (including phenoxy) is 1. The number of hydrogen-bond donors (Lipinski definition) is 2. The van der Waals surface area contributed by atoms with Crippen molar-refractivity contribution in [2.75, 3.05) is 5.32 Å². The number of hydrogen-bond acceptors (Lipinski definition) is 4. The number of rotatable bonds is 5. The molecule has 5 heteroatoms. The highest BCUT2D eigenvalue weighted by Crippen LogP contribution is 2.27. The third-order valence-corrected chi connectivity index (χ3v) is 3.93. The molecule has 0 radical (unpaired) electrons. The van der Waals surface area contributed by atoms with E-state index in [0.717, 1.165) is 16.8 Å². The lowest BCUT2D eigenvalue weighted by Gasteiger charge is -2.19. The van der Waals surface area contributed by atoms with Gasteiger partial charge in [0.15, 0.2) is 6.10 Å². The summed E-state index contributed by atoms with van der Waals surface area (Å²) in [6.45, 7) is 7.56. The molecule has 0 aromatic heterocycles. The second kappa shape index (κ2) is 7.83. The van der Waals surface area contributed by atoms with Crippen molar-refractivity contribution >= 4 is 17.6 Å². The molecule has 0 spiro atoms. The van der Waals surface area contributed by atoms with Gasteiger partial charge >= 0.3 is 5.97 Å². The predicted octanol–water partition coefficient (Wildman–Crippen LogP) is 4.01. The molecule has 5 nitrogen and oxygen atoms in total. The molecule has 0 heterocycles. The van der Waals surface area contributed by atoms with Crippen LogP contribution in [0.1, 0.15) is 48.2 Å². The van der Waals surface area contributed by atoms with Crippen molar-refractivity contribution in [1.82, 2.24) is 0 Å². The van der Waals surface area contributed by atoms with Crippen LogP contribution in [0.25, 0.3) is 0 Å². The summed E-state index contributed by atoms with van der Waals surface area (Å²) < 4.78 is 5.22. The number of phenols is 1. The second-order valence-corrected chi connectivity index (χ2v) is 6.28. The van der Waals surface area contributed by atoms with Crippen molar-refractivity contribution in [3.05, 3.63) is 59.2 Å². The second-order valence-electron chi connectivity index (χ2n) is 6.28. The topological polar surface area (TPSA) is 75.6 Å². The van der Waals surface area contributed by atoms with Crippen LogP contribution in [0.4, 0.5) is 5.69 Å². The van der Waals surface area contributed by atoms with Crippen molar-refractivity contribution in [2.24, 2.45) is 0 Å². The Morgan fingerprint density at radius 3 is 2.28 bits per heavy atom. The molecule has 0 saturated heterocycles.